The highest BCUT2D eigenvalue weighted by Crippen LogP contribution is 2.36. The number of carbonyl (C=O) groups is 2. The van der Waals surface area contributed by atoms with Gasteiger partial charge in [0.1, 0.15) is 6.61 Å². The molecule has 49 heavy (non-hydrogen) atoms. The molecule has 0 aromatic heterocycles. The second-order valence-corrected chi connectivity index (χ2v) is 14.4. The molecule has 0 amide bonds. The molecule has 9 nitrogen and oxygen atoms in total. The quantitative estimate of drug-likeness (QED) is 0.0262. The van der Waals surface area contributed by atoms with Crippen LogP contribution in [-0.4, -0.2) is 52.3 Å². The molecule has 0 saturated heterocycles. The smallest absolute Gasteiger partial charge is 0.462 e. The fourth-order valence-electron chi connectivity index (χ4n) is 4.94. The Bertz CT molecular complexity index is 968. The summed E-state index contributed by atoms with van der Waals surface area (Å²) in [6, 6.07) is 0. The van der Waals surface area contributed by atoms with Gasteiger partial charge in [-0.25, -0.2) is 4.57 Å². The third-order valence-corrected chi connectivity index (χ3v) is 8.43. The third-order valence-electron chi connectivity index (χ3n) is 7.94. The van der Waals surface area contributed by atoms with E-state index < -0.39 is 32.5 Å². The predicted molar refractivity (Wildman–Crippen MR) is 199 cm³/mol. The van der Waals surface area contributed by atoms with Crippen molar-refractivity contribution < 1.29 is 43.0 Å². The molecular weight excluding hydrogens is 643 g/mol. The number of aliphatic hydroxyl groups is 1. The number of hydrogen-bond acceptors (Lipinski definition) is 7. The molecule has 3 N–H and O–H groups in total. The average Bonchev–Trinajstić information content (AvgIpc) is 3.05. The van der Waals surface area contributed by atoms with Crippen molar-refractivity contribution in [1.82, 2.24) is 0 Å². The zero-order valence-corrected chi connectivity index (χ0v) is 31.7. The number of esters is 2. The number of phosphoric acid groups is 1. The predicted octanol–water partition coefficient (Wildman–Crippen LogP) is 10.0. The summed E-state index contributed by atoms with van der Waals surface area (Å²) in [6.45, 7) is 5.65. The molecule has 0 aliphatic rings. The average molecular weight is 713 g/mol. The van der Waals surface area contributed by atoms with Crippen LogP contribution in [0, 0.1) is 5.92 Å². The van der Waals surface area contributed by atoms with Crippen molar-refractivity contribution in [2.24, 2.45) is 5.92 Å². The maximum atomic E-state index is 12.3. The van der Waals surface area contributed by atoms with Gasteiger partial charge in [-0.1, -0.05) is 134 Å². The highest BCUT2D eigenvalue weighted by atomic mass is 31.2. The van der Waals surface area contributed by atoms with E-state index in [1.807, 2.05) is 19.1 Å². The lowest BCUT2D eigenvalue weighted by Gasteiger charge is -2.18. The van der Waals surface area contributed by atoms with Gasteiger partial charge in [0.2, 0.25) is 0 Å². The largest absolute Gasteiger partial charge is 0.469 e. The minimum absolute atomic E-state index is 0.122. The molecule has 0 saturated carbocycles. The Kier molecular flexibility index (Phi) is 31.8. The molecule has 0 bridgehead atoms. The van der Waals surface area contributed by atoms with E-state index in [-0.39, 0.29) is 25.6 Å². The van der Waals surface area contributed by atoms with Gasteiger partial charge in [-0.3, -0.25) is 14.1 Å². The Hall–Kier alpha value is -2.03. The Morgan fingerprint density at radius 1 is 0.633 bits per heavy atom. The first kappa shape index (κ1) is 47.0. The Labute approximate surface area is 297 Å². The van der Waals surface area contributed by atoms with Gasteiger partial charge >= 0.3 is 19.8 Å². The number of ether oxygens (including phenoxy) is 2. The van der Waals surface area contributed by atoms with Crippen LogP contribution in [0.2, 0.25) is 0 Å². The lowest BCUT2D eigenvalue weighted by atomic mass is 10.0. The number of rotatable bonds is 33. The summed E-state index contributed by atoms with van der Waals surface area (Å²) >= 11 is 0. The summed E-state index contributed by atoms with van der Waals surface area (Å²) in [6.07, 6.45) is 35.0. The van der Waals surface area contributed by atoms with Crippen LogP contribution in [0.1, 0.15) is 156 Å². The number of phosphoric ester groups is 1. The molecule has 0 radical (unpaired) electrons. The zero-order valence-electron chi connectivity index (χ0n) is 30.9. The van der Waals surface area contributed by atoms with Crippen LogP contribution in [-0.2, 0) is 28.2 Å². The summed E-state index contributed by atoms with van der Waals surface area (Å²) in [4.78, 5) is 42.7. The SMILES string of the molecule is CC[C@@H](O)CC/C=C\C/C=C\C/C=C\C/C=C\CCCC(=O)O[C@H](COC(=O)CCCCCCCCCCCCC(C)C)COP(=O)(O)O. The standard InChI is InChI=1S/C39H69O9P/c1-4-36(40)30-26-22-18-14-9-7-5-6-8-10-16-20-24-28-32-39(42)48-37(34-47-49(43,44)45)33-46-38(41)31-27-23-19-15-12-11-13-17-21-25-29-35(2)3/h6-9,16,18,20,22,35-37,40H,4-5,10-15,17,19,21,23-34H2,1-3H3,(H2,43,44,45)/b8-6-,9-7-,20-16-,22-18-/t36-,37-/m1/s1. The zero-order chi connectivity index (χ0) is 36.4. The first-order valence-electron chi connectivity index (χ1n) is 18.9. The molecule has 0 aromatic carbocycles. The van der Waals surface area contributed by atoms with Gasteiger partial charge in [-0.05, 0) is 63.7 Å². The first-order chi connectivity index (χ1) is 23.5. The van der Waals surface area contributed by atoms with E-state index in [2.05, 4.69) is 54.8 Å². The van der Waals surface area contributed by atoms with Gasteiger partial charge in [-0.15, -0.1) is 0 Å². The Balaban J connectivity index is 4.10. The minimum Gasteiger partial charge on any atom is -0.462 e. The lowest BCUT2D eigenvalue weighted by Crippen LogP contribution is -2.29. The van der Waals surface area contributed by atoms with Gasteiger partial charge in [0.15, 0.2) is 6.10 Å². The molecule has 0 rings (SSSR count). The van der Waals surface area contributed by atoms with E-state index in [9.17, 15) is 19.3 Å². The van der Waals surface area contributed by atoms with E-state index in [1.165, 1.54) is 44.9 Å². The molecule has 0 fully saturated rings. The molecule has 0 heterocycles. The summed E-state index contributed by atoms with van der Waals surface area (Å²) in [5.74, 6) is -0.178. The fraction of sp³-hybridized carbons (Fsp3) is 0.744. The molecule has 0 spiro atoms. The van der Waals surface area contributed by atoms with E-state index in [4.69, 9.17) is 19.3 Å². The molecule has 284 valence electrons. The van der Waals surface area contributed by atoms with Crippen molar-refractivity contribution in [3.63, 3.8) is 0 Å². The first-order valence-corrected chi connectivity index (χ1v) is 20.4. The minimum atomic E-state index is -4.77. The second-order valence-electron chi connectivity index (χ2n) is 13.2. The lowest BCUT2D eigenvalue weighted by molar-refractivity contribution is -0.161. The van der Waals surface area contributed by atoms with Crippen LogP contribution in [0.3, 0.4) is 0 Å². The van der Waals surface area contributed by atoms with Crippen molar-refractivity contribution in [3.8, 4) is 0 Å². The van der Waals surface area contributed by atoms with Crippen molar-refractivity contribution >= 4 is 19.8 Å². The van der Waals surface area contributed by atoms with E-state index in [1.54, 1.807) is 0 Å². The van der Waals surface area contributed by atoms with Crippen LogP contribution in [0.5, 0.6) is 0 Å². The van der Waals surface area contributed by atoms with Gasteiger partial charge in [0, 0.05) is 12.8 Å². The molecule has 0 aromatic rings. The van der Waals surface area contributed by atoms with Crippen molar-refractivity contribution in [2.45, 2.75) is 168 Å². The summed E-state index contributed by atoms with van der Waals surface area (Å²) in [5.41, 5.74) is 0. The second kappa shape index (κ2) is 33.1. The van der Waals surface area contributed by atoms with Crippen LogP contribution in [0.25, 0.3) is 0 Å². The molecule has 0 aliphatic carbocycles. The van der Waals surface area contributed by atoms with E-state index >= 15 is 0 Å². The number of allylic oxidation sites excluding steroid dienone is 8. The van der Waals surface area contributed by atoms with Crippen LogP contribution in [0.4, 0.5) is 0 Å². The van der Waals surface area contributed by atoms with E-state index in [0.717, 1.165) is 63.7 Å². The number of hydrogen-bond donors (Lipinski definition) is 3. The van der Waals surface area contributed by atoms with Crippen LogP contribution < -0.4 is 0 Å². The number of aliphatic hydroxyl groups excluding tert-OH is 1. The molecule has 0 unspecified atom stereocenters. The maximum Gasteiger partial charge on any atom is 0.469 e. The summed E-state index contributed by atoms with van der Waals surface area (Å²) in [7, 11) is -4.77. The normalized spacial score (nSPS) is 13.8. The molecule has 2 atom stereocenters. The molecule has 0 aliphatic heterocycles. The number of carbonyl (C=O) groups excluding carboxylic acids is 2. The van der Waals surface area contributed by atoms with Gasteiger partial charge < -0.3 is 24.4 Å². The Morgan fingerprint density at radius 2 is 1.12 bits per heavy atom. The number of unbranched alkanes of at least 4 members (excludes halogenated alkanes) is 10. The van der Waals surface area contributed by atoms with Crippen molar-refractivity contribution in [1.29, 1.82) is 0 Å². The van der Waals surface area contributed by atoms with Gasteiger partial charge in [0.05, 0.1) is 12.7 Å². The van der Waals surface area contributed by atoms with Crippen molar-refractivity contribution in [3.05, 3.63) is 48.6 Å². The van der Waals surface area contributed by atoms with E-state index in [0.29, 0.717) is 19.3 Å². The monoisotopic (exact) mass is 712 g/mol. The highest BCUT2D eigenvalue weighted by molar-refractivity contribution is 7.46. The summed E-state index contributed by atoms with van der Waals surface area (Å²) < 4.78 is 26.2. The summed E-state index contributed by atoms with van der Waals surface area (Å²) in [5, 5.41) is 9.53. The fourth-order valence-corrected chi connectivity index (χ4v) is 5.30. The molecule has 10 heteroatoms. The maximum absolute atomic E-state index is 12.3. The van der Waals surface area contributed by atoms with Crippen LogP contribution in [0.15, 0.2) is 48.6 Å². The highest BCUT2D eigenvalue weighted by Gasteiger charge is 2.22. The van der Waals surface area contributed by atoms with Gasteiger partial charge in [-0.2, -0.15) is 0 Å². The van der Waals surface area contributed by atoms with Crippen molar-refractivity contribution in [2.75, 3.05) is 13.2 Å². The Morgan fingerprint density at radius 3 is 1.65 bits per heavy atom. The molecular formula is C39H69O9P. The van der Waals surface area contributed by atoms with Gasteiger partial charge in [0.25, 0.3) is 0 Å². The van der Waals surface area contributed by atoms with Crippen LogP contribution >= 0.6 is 7.82 Å². The topological polar surface area (TPSA) is 140 Å². The third kappa shape index (κ3) is 37.1.